The largest absolute Gasteiger partial charge is 0.389 e. The number of aryl methyl sites for hydroxylation is 1. The molecule has 1 aliphatic heterocycles. The summed E-state index contributed by atoms with van der Waals surface area (Å²) in [5.41, 5.74) is 1.13. The van der Waals surface area contributed by atoms with Crippen molar-refractivity contribution in [3.05, 3.63) is 29.8 Å². The van der Waals surface area contributed by atoms with E-state index in [2.05, 4.69) is 6.92 Å². The molecule has 1 heterocycles. The Hall–Kier alpha value is -0.710. The van der Waals surface area contributed by atoms with Gasteiger partial charge in [0, 0.05) is 4.90 Å². The number of aliphatic hydroxyl groups excluding tert-OH is 1. The van der Waals surface area contributed by atoms with E-state index in [0.717, 1.165) is 29.7 Å². The molecule has 1 aliphatic rings. The number of ether oxygens (including phenoxy) is 1. The van der Waals surface area contributed by atoms with Crippen LogP contribution >= 0.6 is 0 Å². The number of unbranched alkanes of at least 4 members (excludes halogenated alkanes) is 1. The van der Waals surface area contributed by atoms with Crippen molar-refractivity contribution in [1.82, 2.24) is 0 Å². The minimum absolute atomic E-state index is 0.0838. The van der Waals surface area contributed by atoms with E-state index >= 15 is 0 Å². The molecule has 1 aromatic carbocycles. The molecule has 0 amide bonds. The Morgan fingerprint density at radius 2 is 2.00 bits per heavy atom. The fourth-order valence-electron chi connectivity index (χ4n) is 2.55. The van der Waals surface area contributed by atoms with Gasteiger partial charge in [0.2, 0.25) is 0 Å². The lowest BCUT2D eigenvalue weighted by molar-refractivity contribution is 0.114. The Labute approximate surface area is 123 Å². The molecule has 0 unspecified atom stereocenters. The summed E-state index contributed by atoms with van der Waals surface area (Å²) < 4.78 is 18.6. The molecule has 4 heteroatoms. The van der Waals surface area contributed by atoms with Crippen LogP contribution in [0.1, 0.15) is 45.1 Å². The highest BCUT2D eigenvalue weighted by molar-refractivity contribution is 7.86. The molecule has 0 saturated carbocycles. The Kier molecular flexibility index (Phi) is 4.99. The molecule has 1 N–H and O–H groups in total. The molecule has 3 nitrogen and oxygen atoms in total. The zero-order chi connectivity index (χ0) is 14.8. The first-order valence-electron chi connectivity index (χ1n) is 7.40. The van der Waals surface area contributed by atoms with Crippen molar-refractivity contribution in [3.63, 3.8) is 0 Å². The van der Waals surface area contributed by atoms with Gasteiger partial charge in [-0.3, -0.25) is 4.21 Å². The van der Waals surface area contributed by atoms with Crippen LogP contribution in [0.2, 0.25) is 0 Å². The van der Waals surface area contributed by atoms with Gasteiger partial charge in [-0.1, -0.05) is 44.4 Å². The fraction of sp³-hybridized carbons (Fsp3) is 0.625. The van der Waals surface area contributed by atoms with Crippen LogP contribution in [0.3, 0.4) is 0 Å². The van der Waals surface area contributed by atoms with Gasteiger partial charge >= 0.3 is 0 Å². The van der Waals surface area contributed by atoms with E-state index in [1.165, 1.54) is 0 Å². The molecule has 1 saturated heterocycles. The van der Waals surface area contributed by atoms with Crippen LogP contribution in [0, 0.1) is 6.92 Å². The summed E-state index contributed by atoms with van der Waals surface area (Å²) in [4.78, 5) is -0.152. The summed E-state index contributed by atoms with van der Waals surface area (Å²) in [7, 11) is -1.33. The van der Waals surface area contributed by atoms with Crippen LogP contribution in [-0.4, -0.2) is 26.5 Å². The Balaban J connectivity index is 2.20. The zero-order valence-corrected chi connectivity index (χ0v) is 13.3. The lowest BCUT2D eigenvalue weighted by Gasteiger charge is -2.18. The van der Waals surface area contributed by atoms with E-state index in [9.17, 15) is 9.32 Å². The molecule has 1 fully saturated rings. The first-order valence-corrected chi connectivity index (χ1v) is 8.55. The van der Waals surface area contributed by atoms with Crippen molar-refractivity contribution in [2.45, 2.75) is 68.5 Å². The van der Waals surface area contributed by atoms with Crippen molar-refractivity contribution >= 4 is 10.8 Å². The molecule has 1 aromatic rings. The first-order chi connectivity index (χ1) is 9.56. The van der Waals surface area contributed by atoms with E-state index in [0.29, 0.717) is 6.42 Å². The Morgan fingerprint density at radius 1 is 1.35 bits per heavy atom. The van der Waals surface area contributed by atoms with Gasteiger partial charge in [0.15, 0.2) is 4.93 Å². The maximum Gasteiger partial charge on any atom is 0.199 e. The minimum Gasteiger partial charge on any atom is -0.389 e. The average Bonchev–Trinajstić information content (AvgIpc) is 3.20. The second kappa shape index (κ2) is 6.37. The summed E-state index contributed by atoms with van der Waals surface area (Å²) >= 11 is 0. The number of hydrogen-bond donors (Lipinski definition) is 1. The highest BCUT2D eigenvalue weighted by Crippen LogP contribution is 2.48. The lowest BCUT2D eigenvalue weighted by atomic mass is 10.1. The van der Waals surface area contributed by atoms with Gasteiger partial charge in [-0.05, 0) is 31.9 Å². The maximum absolute atomic E-state index is 12.8. The van der Waals surface area contributed by atoms with E-state index < -0.39 is 21.8 Å². The summed E-state index contributed by atoms with van der Waals surface area (Å²) in [5, 5.41) is 10.3. The molecular weight excluding hydrogens is 272 g/mol. The molecule has 0 spiro atoms. The average molecular weight is 296 g/mol. The molecule has 0 aliphatic carbocycles. The molecule has 0 bridgehead atoms. The number of rotatable bonds is 7. The fourth-order valence-corrected chi connectivity index (χ4v) is 4.27. The van der Waals surface area contributed by atoms with Crippen LogP contribution in [0.25, 0.3) is 0 Å². The van der Waals surface area contributed by atoms with Gasteiger partial charge in [-0.15, -0.1) is 0 Å². The normalized spacial score (nSPS) is 28.1. The van der Waals surface area contributed by atoms with Crippen LogP contribution in [-0.2, 0) is 15.5 Å². The smallest absolute Gasteiger partial charge is 0.199 e. The number of epoxide rings is 1. The SMILES string of the molecule is CCCC[C@@H]1O[C@]1([C@H](O)CC)[S@@](=O)c1ccc(C)cc1. The van der Waals surface area contributed by atoms with Crippen molar-refractivity contribution in [3.8, 4) is 0 Å². The first kappa shape index (κ1) is 15.7. The predicted octanol–water partition coefficient (Wildman–Crippen LogP) is 3.16. The minimum atomic E-state index is -1.33. The quantitative estimate of drug-likeness (QED) is 0.786. The summed E-state index contributed by atoms with van der Waals surface area (Å²) in [5.74, 6) is 0. The number of aliphatic hydroxyl groups is 1. The highest BCUT2D eigenvalue weighted by Gasteiger charge is 2.65. The monoisotopic (exact) mass is 296 g/mol. The van der Waals surface area contributed by atoms with Crippen LogP contribution in [0.15, 0.2) is 29.2 Å². The van der Waals surface area contributed by atoms with E-state index in [-0.39, 0.29) is 6.10 Å². The Morgan fingerprint density at radius 3 is 2.55 bits per heavy atom. The summed E-state index contributed by atoms with van der Waals surface area (Å²) in [6, 6.07) is 7.63. The zero-order valence-electron chi connectivity index (χ0n) is 12.5. The standard InChI is InChI=1S/C16H24O3S/c1-4-6-7-15-16(19-15,14(17)5-2)20(18)13-10-8-12(3)9-11-13/h8-11,14-15,17H,4-7H2,1-3H3/t14-,15+,16-,20+/m1/s1. The molecule has 20 heavy (non-hydrogen) atoms. The Bertz CT molecular complexity index is 471. The van der Waals surface area contributed by atoms with Gasteiger partial charge in [-0.25, -0.2) is 0 Å². The summed E-state index contributed by atoms with van der Waals surface area (Å²) in [6.07, 6.45) is 2.78. The molecular formula is C16H24O3S. The van der Waals surface area contributed by atoms with Crippen LogP contribution in [0.5, 0.6) is 0 Å². The van der Waals surface area contributed by atoms with Gasteiger partial charge < -0.3 is 9.84 Å². The van der Waals surface area contributed by atoms with E-state index in [4.69, 9.17) is 4.74 Å². The second-order valence-corrected chi connectivity index (χ2v) is 7.12. The molecule has 2 rings (SSSR count). The topological polar surface area (TPSA) is 49.8 Å². The molecule has 4 atom stereocenters. The third-order valence-electron chi connectivity index (χ3n) is 3.91. The number of hydrogen-bond acceptors (Lipinski definition) is 3. The van der Waals surface area contributed by atoms with Crippen LogP contribution < -0.4 is 0 Å². The lowest BCUT2D eigenvalue weighted by Crippen LogP contribution is -2.36. The van der Waals surface area contributed by atoms with Crippen molar-refractivity contribution in [2.24, 2.45) is 0 Å². The van der Waals surface area contributed by atoms with Crippen molar-refractivity contribution in [2.75, 3.05) is 0 Å². The number of benzene rings is 1. The second-order valence-electron chi connectivity index (χ2n) is 5.48. The van der Waals surface area contributed by atoms with Gasteiger partial charge in [-0.2, -0.15) is 0 Å². The molecule has 0 aromatic heterocycles. The highest BCUT2D eigenvalue weighted by atomic mass is 32.2. The van der Waals surface area contributed by atoms with Crippen molar-refractivity contribution < 1.29 is 14.1 Å². The van der Waals surface area contributed by atoms with Crippen molar-refractivity contribution in [1.29, 1.82) is 0 Å². The third kappa shape index (κ3) is 2.83. The van der Waals surface area contributed by atoms with E-state index in [1.54, 1.807) is 0 Å². The van der Waals surface area contributed by atoms with Crippen LogP contribution in [0.4, 0.5) is 0 Å². The predicted molar refractivity (Wildman–Crippen MR) is 81.0 cm³/mol. The summed E-state index contributed by atoms with van der Waals surface area (Å²) in [6.45, 7) is 6.02. The molecule has 0 radical (unpaired) electrons. The van der Waals surface area contributed by atoms with Gasteiger partial charge in [0.25, 0.3) is 0 Å². The van der Waals surface area contributed by atoms with E-state index in [1.807, 2.05) is 38.1 Å². The van der Waals surface area contributed by atoms with Gasteiger partial charge in [0.05, 0.1) is 16.9 Å². The third-order valence-corrected chi connectivity index (χ3v) is 5.82. The van der Waals surface area contributed by atoms with Gasteiger partial charge in [0.1, 0.15) is 6.10 Å². The maximum atomic E-state index is 12.8. The molecule has 112 valence electrons.